The van der Waals surface area contributed by atoms with Gasteiger partial charge in [0.2, 0.25) is 5.91 Å². The van der Waals surface area contributed by atoms with Gasteiger partial charge in [-0.1, -0.05) is 38.1 Å². The summed E-state index contributed by atoms with van der Waals surface area (Å²) in [5.41, 5.74) is 0.680. The average Bonchev–Trinajstić information content (AvgIpc) is 2.84. The van der Waals surface area contributed by atoms with Crippen molar-refractivity contribution in [1.82, 2.24) is 19.4 Å². The lowest BCUT2D eigenvalue weighted by Gasteiger charge is -2.30. The topological polar surface area (TPSA) is 85.6 Å². The van der Waals surface area contributed by atoms with Crippen molar-refractivity contribution in [3.63, 3.8) is 0 Å². The number of methoxy groups -OCH3 is 1. The highest BCUT2D eigenvalue weighted by Gasteiger charge is 2.20. The Bertz CT molecular complexity index is 1230. The van der Waals surface area contributed by atoms with Gasteiger partial charge >= 0.3 is 5.69 Å². The molecule has 1 amide bonds. The SMILES string of the molecule is CCN(CC)[C@@H](CNC(=O)Cn1c(=O)n(CC)c(=O)c2ccccc21)c1cccc(OC)c1. The molecule has 1 atom stereocenters. The minimum atomic E-state index is -0.482. The number of aromatic nitrogens is 2. The predicted molar refractivity (Wildman–Crippen MR) is 130 cm³/mol. The van der Waals surface area contributed by atoms with Crippen LogP contribution in [0.5, 0.6) is 5.75 Å². The van der Waals surface area contributed by atoms with Gasteiger partial charge in [-0.2, -0.15) is 0 Å². The van der Waals surface area contributed by atoms with Gasteiger partial charge in [0.15, 0.2) is 0 Å². The molecule has 3 aromatic rings. The van der Waals surface area contributed by atoms with E-state index in [1.54, 1.807) is 38.3 Å². The van der Waals surface area contributed by atoms with Gasteiger partial charge in [-0.15, -0.1) is 0 Å². The lowest BCUT2D eigenvalue weighted by atomic mass is 10.0. The highest BCUT2D eigenvalue weighted by atomic mass is 16.5. The first-order chi connectivity index (χ1) is 15.9. The molecule has 1 N–H and O–H groups in total. The molecule has 3 rings (SSSR count). The van der Waals surface area contributed by atoms with Crippen molar-refractivity contribution in [3.8, 4) is 5.75 Å². The summed E-state index contributed by atoms with van der Waals surface area (Å²) < 4.78 is 7.90. The highest BCUT2D eigenvalue weighted by molar-refractivity contribution is 5.81. The Labute approximate surface area is 193 Å². The van der Waals surface area contributed by atoms with E-state index >= 15 is 0 Å². The third-order valence-corrected chi connectivity index (χ3v) is 5.97. The summed E-state index contributed by atoms with van der Waals surface area (Å²) in [6.07, 6.45) is 0. The maximum Gasteiger partial charge on any atom is 0.331 e. The van der Waals surface area contributed by atoms with Crippen molar-refractivity contribution in [2.75, 3.05) is 26.7 Å². The maximum atomic E-state index is 12.9. The van der Waals surface area contributed by atoms with E-state index < -0.39 is 5.69 Å². The number of likely N-dealkylation sites (N-methyl/N-ethyl adjacent to an activating group) is 1. The Morgan fingerprint density at radius 3 is 2.42 bits per heavy atom. The monoisotopic (exact) mass is 452 g/mol. The average molecular weight is 453 g/mol. The van der Waals surface area contributed by atoms with E-state index in [2.05, 4.69) is 24.1 Å². The van der Waals surface area contributed by atoms with Crippen LogP contribution in [0.2, 0.25) is 0 Å². The van der Waals surface area contributed by atoms with Crippen LogP contribution in [0.15, 0.2) is 58.1 Å². The summed E-state index contributed by atoms with van der Waals surface area (Å²) in [7, 11) is 1.63. The number of ether oxygens (including phenoxy) is 1. The van der Waals surface area contributed by atoms with Crippen molar-refractivity contribution in [1.29, 1.82) is 0 Å². The normalized spacial score (nSPS) is 12.2. The molecule has 0 saturated heterocycles. The molecule has 2 aromatic carbocycles. The van der Waals surface area contributed by atoms with E-state index in [9.17, 15) is 14.4 Å². The zero-order valence-electron chi connectivity index (χ0n) is 19.7. The number of carbonyl (C=O) groups is 1. The summed E-state index contributed by atoms with van der Waals surface area (Å²) in [5.74, 6) is 0.472. The number of hydrogen-bond donors (Lipinski definition) is 1. The lowest BCUT2D eigenvalue weighted by molar-refractivity contribution is -0.121. The van der Waals surface area contributed by atoms with Gasteiger partial charge in [0.05, 0.1) is 24.1 Å². The molecule has 8 nitrogen and oxygen atoms in total. The Kier molecular flexibility index (Phi) is 8.06. The first kappa shape index (κ1) is 24.3. The van der Waals surface area contributed by atoms with E-state index in [1.165, 1.54) is 4.57 Å². The molecule has 1 heterocycles. The molecular formula is C25H32N4O4. The first-order valence-electron chi connectivity index (χ1n) is 11.3. The van der Waals surface area contributed by atoms with Gasteiger partial charge in [0, 0.05) is 13.1 Å². The smallest absolute Gasteiger partial charge is 0.331 e. The van der Waals surface area contributed by atoms with Crippen LogP contribution in [-0.4, -0.2) is 46.7 Å². The first-order valence-corrected chi connectivity index (χ1v) is 11.3. The highest BCUT2D eigenvalue weighted by Crippen LogP contribution is 2.23. The molecule has 0 aliphatic rings. The molecule has 0 aliphatic heterocycles. The molecule has 0 fully saturated rings. The number of benzene rings is 2. The van der Waals surface area contributed by atoms with Crippen LogP contribution >= 0.6 is 0 Å². The van der Waals surface area contributed by atoms with Crippen LogP contribution in [0.25, 0.3) is 10.9 Å². The zero-order valence-corrected chi connectivity index (χ0v) is 19.7. The zero-order chi connectivity index (χ0) is 24.0. The minimum Gasteiger partial charge on any atom is -0.497 e. The van der Waals surface area contributed by atoms with Crippen LogP contribution in [-0.2, 0) is 17.9 Å². The summed E-state index contributed by atoms with van der Waals surface area (Å²) in [6.45, 7) is 8.00. The molecule has 176 valence electrons. The lowest BCUT2D eigenvalue weighted by Crippen LogP contribution is -2.43. The van der Waals surface area contributed by atoms with Crippen molar-refractivity contribution < 1.29 is 9.53 Å². The van der Waals surface area contributed by atoms with Crippen molar-refractivity contribution in [3.05, 3.63) is 74.9 Å². The van der Waals surface area contributed by atoms with Crippen LogP contribution in [0.3, 0.4) is 0 Å². The fourth-order valence-electron chi connectivity index (χ4n) is 4.18. The maximum absolute atomic E-state index is 12.9. The van der Waals surface area contributed by atoms with Crippen LogP contribution in [0.1, 0.15) is 32.4 Å². The fourth-order valence-corrected chi connectivity index (χ4v) is 4.18. The molecule has 0 aliphatic carbocycles. The van der Waals surface area contributed by atoms with Crippen LogP contribution in [0, 0.1) is 0 Å². The Balaban J connectivity index is 1.87. The predicted octanol–water partition coefficient (Wildman–Crippen LogP) is 2.39. The second-order valence-corrected chi connectivity index (χ2v) is 7.75. The third-order valence-electron chi connectivity index (χ3n) is 5.97. The quantitative estimate of drug-likeness (QED) is 0.511. The summed E-state index contributed by atoms with van der Waals surface area (Å²) in [5, 5.41) is 3.41. The molecule has 0 spiro atoms. The van der Waals surface area contributed by atoms with Crippen LogP contribution in [0.4, 0.5) is 0 Å². The van der Waals surface area contributed by atoms with Crippen molar-refractivity contribution >= 4 is 16.8 Å². The number of para-hydroxylation sites is 1. The Hall–Kier alpha value is -3.39. The molecule has 33 heavy (non-hydrogen) atoms. The second kappa shape index (κ2) is 11.0. The van der Waals surface area contributed by atoms with Gasteiger partial charge in [-0.3, -0.25) is 23.6 Å². The number of hydrogen-bond acceptors (Lipinski definition) is 5. The molecule has 0 radical (unpaired) electrons. The van der Waals surface area contributed by atoms with Gasteiger partial charge in [0.25, 0.3) is 5.56 Å². The van der Waals surface area contributed by atoms with Crippen LogP contribution < -0.4 is 21.3 Å². The van der Waals surface area contributed by atoms with E-state index in [-0.39, 0.29) is 30.6 Å². The minimum absolute atomic E-state index is 0.0443. The van der Waals surface area contributed by atoms with E-state index in [0.717, 1.165) is 29.0 Å². The van der Waals surface area contributed by atoms with Gasteiger partial charge < -0.3 is 10.1 Å². The standard InChI is InChI=1S/C25H32N4O4/c1-5-27(6-2)22(18-11-10-12-19(15-18)33-4)16-26-23(30)17-29-21-14-9-8-13-20(21)24(31)28(7-3)25(29)32/h8-15,22H,5-7,16-17H2,1-4H3,(H,26,30)/t22-/m0/s1. The third kappa shape index (κ3) is 5.17. The fraction of sp³-hybridized carbons (Fsp3) is 0.400. The number of carbonyl (C=O) groups excluding carboxylic acids is 1. The van der Waals surface area contributed by atoms with Crippen molar-refractivity contribution in [2.24, 2.45) is 0 Å². The molecule has 0 bridgehead atoms. The van der Waals surface area contributed by atoms with E-state index in [0.29, 0.717) is 17.4 Å². The molecular weight excluding hydrogens is 420 g/mol. The van der Waals surface area contributed by atoms with Gasteiger partial charge in [-0.05, 0) is 49.8 Å². The number of amides is 1. The van der Waals surface area contributed by atoms with Gasteiger partial charge in [-0.25, -0.2) is 4.79 Å². The summed E-state index contributed by atoms with van der Waals surface area (Å²) in [4.78, 5) is 40.7. The number of nitrogens with one attached hydrogen (secondary N) is 1. The van der Waals surface area contributed by atoms with E-state index in [1.807, 2.05) is 24.3 Å². The second-order valence-electron chi connectivity index (χ2n) is 7.75. The molecule has 8 heteroatoms. The Morgan fingerprint density at radius 1 is 1.03 bits per heavy atom. The van der Waals surface area contributed by atoms with Crippen molar-refractivity contribution in [2.45, 2.75) is 39.9 Å². The largest absolute Gasteiger partial charge is 0.497 e. The molecule has 0 saturated carbocycles. The number of fused-ring (bicyclic) bond motifs is 1. The van der Waals surface area contributed by atoms with Gasteiger partial charge in [0.1, 0.15) is 12.3 Å². The summed E-state index contributed by atoms with van der Waals surface area (Å²) >= 11 is 0. The van der Waals surface area contributed by atoms with E-state index in [4.69, 9.17) is 4.74 Å². The molecule has 1 aromatic heterocycles. The Morgan fingerprint density at radius 2 is 1.76 bits per heavy atom. The number of nitrogens with zero attached hydrogens (tertiary/aromatic N) is 3. The summed E-state index contributed by atoms with van der Waals surface area (Å²) in [6, 6.07) is 14.7. The number of rotatable bonds is 10. The molecule has 0 unspecified atom stereocenters.